The number of benzene rings is 2. The molecule has 5 heteroatoms. The third-order valence-electron chi connectivity index (χ3n) is 3.36. The molecule has 22 heavy (non-hydrogen) atoms. The predicted molar refractivity (Wildman–Crippen MR) is 88.7 cm³/mol. The Morgan fingerprint density at radius 1 is 1.18 bits per heavy atom. The molecule has 0 aliphatic carbocycles. The zero-order valence-electron chi connectivity index (χ0n) is 11.7. The van der Waals surface area contributed by atoms with Gasteiger partial charge in [0.05, 0.1) is 23.9 Å². The molecule has 0 saturated heterocycles. The number of nitrogens with zero attached hydrogens (tertiary/aromatic N) is 2. The molecular weight excluding hydrogens is 294 g/mol. The summed E-state index contributed by atoms with van der Waals surface area (Å²) in [6, 6.07) is 16.9. The molecule has 108 valence electrons. The summed E-state index contributed by atoms with van der Waals surface area (Å²) in [5.41, 5.74) is 9.74. The van der Waals surface area contributed by atoms with Crippen molar-refractivity contribution >= 4 is 17.0 Å². The van der Waals surface area contributed by atoms with E-state index in [1.807, 2.05) is 41.8 Å². The average Bonchev–Trinajstić information content (AvgIpc) is 2.89. The number of anilines is 1. The molecule has 0 spiro atoms. The Morgan fingerprint density at radius 2 is 2.00 bits per heavy atom. The van der Waals surface area contributed by atoms with Crippen LogP contribution in [0.15, 0.2) is 58.7 Å². The Morgan fingerprint density at radius 3 is 2.77 bits per heavy atom. The number of thiazole rings is 1. The molecule has 4 nitrogen and oxygen atoms in total. The molecule has 0 bridgehead atoms. The van der Waals surface area contributed by atoms with Gasteiger partial charge in [-0.1, -0.05) is 35.6 Å². The first kappa shape index (κ1) is 14.1. The lowest BCUT2D eigenvalue weighted by Gasteiger charge is -2.09. The lowest BCUT2D eigenvalue weighted by molar-refractivity contribution is 0.792. The summed E-state index contributed by atoms with van der Waals surface area (Å²) in [4.78, 5) is 12.1. The van der Waals surface area contributed by atoms with Crippen LogP contribution < -0.4 is 10.6 Å². The molecule has 1 heterocycles. The fraction of sp³-hybridized carbons (Fsp3) is 0.0588. The van der Waals surface area contributed by atoms with Crippen molar-refractivity contribution in [3.05, 3.63) is 74.7 Å². The minimum Gasteiger partial charge on any atom is -0.399 e. The second-order valence-corrected chi connectivity index (χ2v) is 5.73. The fourth-order valence-corrected chi connectivity index (χ4v) is 3.09. The van der Waals surface area contributed by atoms with Crippen LogP contribution in [-0.4, -0.2) is 4.57 Å². The number of nitrogen functional groups attached to an aromatic ring is 1. The van der Waals surface area contributed by atoms with E-state index in [0.717, 1.165) is 28.2 Å². The monoisotopic (exact) mass is 307 g/mol. The van der Waals surface area contributed by atoms with Gasteiger partial charge in [-0.3, -0.25) is 9.36 Å². The van der Waals surface area contributed by atoms with Crippen LogP contribution in [0.5, 0.6) is 0 Å². The van der Waals surface area contributed by atoms with Crippen molar-refractivity contribution in [1.82, 2.24) is 4.57 Å². The number of rotatable bonds is 3. The molecule has 3 aromatic rings. The van der Waals surface area contributed by atoms with Gasteiger partial charge in [-0.05, 0) is 29.8 Å². The molecule has 2 aromatic carbocycles. The molecule has 0 saturated carbocycles. The van der Waals surface area contributed by atoms with Gasteiger partial charge in [0.15, 0.2) is 0 Å². The van der Waals surface area contributed by atoms with Crippen LogP contribution in [-0.2, 0) is 6.54 Å². The summed E-state index contributed by atoms with van der Waals surface area (Å²) in [5, 5.41) is 10.8. The fourth-order valence-electron chi connectivity index (χ4n) is 2.33. The second kappa shape index (κ2) is 5.88. The summed E-state index contributed by atoms with van der Waals surface area (Å²) < 4.78 is 1.70. The lowest BCUT2D eigenvalue weighted by atomic mass is 10.1. The van der Waals surface area contributed by atoms with Crippen LogP contribution in [0.4, 0.5) is 5.69 Å². The van der Waals surface area contributed by atoms with Crippen LogP contribution in [0.1, 0.15) is 11.1 Å². The van der Waals surface area contributed by atoms with E-state index in [-0.39, 0.29) is 4.87 Å². The smallest absolute Gasteiger partial charge is 0.307 e. The molecule has 0 atom stereocenters. The number of nitriles is 1. The van der Waals surface area contributed by atoms with Gasteiger partial charge in [-0.2, -0.15) is 5.26 Å². The Balaban J connectivity index is 2.03. The predicted octanol–water partition coefficient (Wildman–Crippen LogP) is 3.08. The van der Waals surface area contributed by atoms with E-state index in [4.69, 9.17) is 11.0 Å². The zero-order valence-corrected chi connectivity index (χ0v) is 12.5. The topological polar surface area (TPSA) is 71.8 Å². The van der Waals surface area contributed by atoms with Crippen LogP contribution in [0.2, 0.25) is 0 Å². The Hall–Kier alpha value is -2.84. The van der Waals surface area contributed by atoms with E-state index in [0.29, 0.717) is 17.8 Å². The second-order valence-electron chi connectivity index (χ2n) is 4.91. The molecule has 0 aliphatic rings. The van der Waals surface area contributed by atoms with E-state index in [2.05, 4.69) is 6.07 Å². The molecule has 0 radical (unpaired) electrons. The zero-order chi connectivity index (χ0) is 15.5. The van der Waals surface area contributed by atoms with Crippen molar-refractivity contribution < 1.29 is 0 Å². The Labute approximate surface area is 131 Å². The van der Waals surface area contributed by atoms with Gasteiger partial charge in [-0.25, -0.2) is 0 Å². The number of hydrogen-bond acceptors (Lipinski definition) is 4. The highest BCUT2D eigenvalue weighted by atomic mass is 32.1. The van der Waals surface area contributed by atoms with Gasteiger partial charge in [0.1, 0.15) is 0 Å². The maximum absolute atomic E-state index is 12.1. The number of nitrogens with two attached hydrogens (primary N) is 1. The van der Waals surface area contributed by atoms with Crippen molar-refractivity contribution in [2.24, 2.45) is 0 Å². The van der Waals surface area contributed by atoms with Crippen LogP contribution >= 0.6 is 11.3 Å². The van der Waals surface area contributed by atoms with Gasteiger partial charge in [0.25, 0.3) is 0 Å². The summed E-state index contributed by atoms with van der Waals surface area (Å²) >= 11 is 1.16. The highest BCUT2D eigenvalue weighted by Crippen LogP contribution is 2.23. The van der Waals surface area contributed by atoms with Crippen LogP contribution in [0, 0.1) is 11.3 Å². The van der Waals surface area contributed by atoms with E-state index in [1.165, 1.54) is 0 Å². The van der Waals surface area contributed by atoms with Gasteiger partial charge in [-0.15, -0.1) is 0 Å². The summed E-state index contributed by atoms with van der Waals surface area (Å²) in [6.07, 6.45) is 0. The van der Waals surface area contributed by atoms with E-state index in [1.54, 1.807) is 16.7 Å². The van der Waals surface area contributed by atoms with Crippen molar-refractivity contribution in [3.8, 4) is 17.3 Å². The van der Waals surface area contributed by atoms with Crippen LogP contribution in [0.3, 0.4) is 0 Å². The van der Waals surface area contributed by atoms with Crippen molar-refractivity contribution in [1.29, 1.82) is 5.26 Å². The molecule has 3 rings (SSSR count). The first-order valence-electron chi connectivity index (χ1n) is 6.70. The lowest BCUT2D eigenvalue weighted by Crippen LogP contribution is -2.15. The standard InChI is InChI=1S/C17H13N3OS/c18-9-12-3-1-4-13(7-12)10-20-16(11-22-17(20)21)14-5-2-6-15(19)8-14/h1-8,11H,10,19H2. The third kappa shape index (κ3) is 2.78. The van der Waals surface area contributed by atoms with Crippen molar-refractivity contribution in [3.63, 3.8) is 0 Å². The third-order valence-corrected chi connectivity index (χ3v) is 4.12. The summed E-state index contributed by atoms with van der Waals surface area (Å²) in [7, 11) is 0. The number of aromatic nitrogens is 1. The van der Waals surface area contributed by atoms with E-state index >= 15 is 0 Å². The summed E-state index contributed by atoms with van der Waals surface area (Å²) in [6.45, 7) is 0.433. The van der Waals surface area contributed by atoms with Gasteiger partial charge >= 0.3 is 4.87 Å². The number of hydrogen-bond donors (Lipinski definition) is 1. The molecule has 0 aliphatic heterocycles. The maximum atomic E-state index is 12.1. The largest absolute Gasteiger partial charge is 0.399 e. The SMILES string of the molecule is N#Cc1cccc(Cn2c(-c3cccc(N)c3)csc2=O)c1. The molecule has 1 aromatic heterocycles. The maximum Gasteiger partial charge on any atom is 0.307 e. The highest BCUT2D eigenvalue weighted by Gasteiger charge is 2.10. The first-order chi connectivity index (χ1) is 10.7. The van der Waals surface area contributed by atoms with Crippen molar-refractivity contribution in [2.75, 3.05) is 5.73 Å². The van der Waals surface area contributed by atoms with E-state index < -0.39 is 0 Å². The minimum atomic E-state index is -0.0280. The minimum absolute atomic E-state index is 0.0280. The molecule has 2 N–H and O–H groups in total. The van der Waals surface area contributed by atoms with Gasteiger partial charge in [0.2, 0.25) is 0 Å². The average molecular weight is 307 g/mol. The molecule has 0 fully saturated rings. The van der Waals surface area contributed by atoms with Gasteiger partial charge < -0.3 is 5.73 Å². The van der Waals surface area contributed by atoms with Crippen molar-refractivity contribution in [2.45, 2.75) is 6.54 Å². The van der Waals surface area contributed by atoms with E-state index in [9.17, 15) is 4.79 Å². The van der Waals surface area contributed by atoms with Crippen LogP contribution in [0.25, 0.3) is 11.3 Å². The van der Waals surface area contributed by atoms with Gasteiger partial charge in [0, 0.05) is 16.6 Å². The molecular formula is C17H13N3OS. The normalized spacial score (nSPS) is 10.3. The molecule has 0 unspecified atom stereocenters. The molecule has 0 amide bonds. The quantitative estimate of drug-likeness (QED) is 0.756. The Kier molecular flexibility index (Phi) is 3.77. The first-order valence-corrected chi connectivity index (χ1v) is 7.58. The summed E-state index contributed by atoms with van der Waals surface area (Å²) in [5.74, 6) is 0. The Bertz CT molecular complexity index is 918. The highest BCUT2D eigenvalue weighted by molar-refractivity contribution is 7.07.